The molecule has 2 aliphatic rings. The maximum atomic E-state index is 12.9. The Morgan fingerprint density at radius 1 is 1.11 bits per heavy atom. The van der Waals surface area contributed by atoms with Crippen molar-refractivity contribution in [1.29, 1.82) is 0 Å². The number of carbonyl (C=O) groups is 4. The van der Waals surface area contributed by atoms with E-state index in [1.807, 2.05) is 0 Å². The van der Waals surface area contributed by atoms with Gasteiger partial charge in [0.05, 0.1) is 12.3 Å². The van der Waals surface area contributed by atoms with Crippen molar-refractivity contribution in [3.8, 4) is 0 Å². The number of carbonyl (C=O) groups excluding carboxylic acids is 3. The molecule has 0 aromatic carbocycles. The normalized spacial score (nSPS) is 23.1. The Morgan fingerprint density at radius 2 is 1.82 bits per heavy atom. The summed E-state index contributed by atoms with van der Waals surface area (Å²) in [5, 5.41) is 17.4. The number of amides is 3. The van der Waals surface area contributed by atoms with Gasteiger partial charge in [0, 0.05) is 26.4 Å². The zero-order chi connectivity index (χ0) is 20.5. The van der Waals surface area contributed by atoms with Crippen LogP contribution in [-0.4, -0.2) is 66.0 Å². The maximum absolute atomic E-state index is 12.9. The number of rotatable bonds is 8. The Hall–Kier alpha value is -2.16. The maximum Gasteiger partial charge on any atom is 0.305 e. The van der Waals surface area contributed by atoms with Crippen LogP contribution >= 0.6 is 0 Å². The van der Waals surface area contributed by atoms with Crippen molar-refractivity contribution in [2.24, 2.45) is 11.8 Å². The molecule has 0 unspecified atom stereocenters. The highest BCUT2D eigenvalue weighted by molar-refractivity contribution is 5.84. The van der Waals surface area contributed by atoms with Gasteiger partial charge in [0.15, 0.2) is 0 Å². The minimum absolute atomic E-state index is 0.0289. The fraction of sp³-hybridized carbons (Fsp3) is 0.789. The van der Waals surface area contributed by atoms with Crippen molar-refractivity contribution in [2.75, 3.05) is 26.2 Å². The van der Waals surface area contributed by atoms with Crippen LogP contribution in [-0.2, 0) is 19.2 Å². The van der Waals surface area contributed by atoms with Gasteiger partial charge in [-0.15, -0.1) is 0 Å². The van der Waals surface area contributed by atoms with Crippen LogP contribution in [0.3, 0.4) is 0 Å². The summed E-state index contributed by atoms with van der Waals surface area (Å²) in [6.45, 7) is 3.87. The van der Waals surface area contributed by atoms with Crippen LogP contribution < -0.4 is 16.0 Å². The van der Waals surface area contributed by atoms with E-state index in [-0.39, 0.29) is 30.7 Å². The molecule has 0 radical (unpaired) electrons. The summed E-state index contributed by atoms with van der Waals surface area (Å²) in [5.74, 6) is -1.70. The lowest BCUT2D eigenvalue weighted by Crippen LogP contribution is -2.60. The van der Waals surface area contributed by atoms with Crippen LogP contribution in [0.15, 0.2) is 0 Å². The van der Waals surface area contributed by atoms with Gasteiger partial charge in [0.25, 0.3) is 0 Å². The molecule has 2 saturated heterocycles. The first-order valence-corrected chi connectivity index (χ1v) is 10.1. The van der Waals surface area contributed by atoms with E-state index in [4.69, 9.17) is 5.11 Å². The van der Waals surface area contributed by atoms with Crippen molar-refractivity contribution in [3.05, 3.63) is 0 Å². The summed E-state index contributed by atoms with van der Waals surface area (Å²) in [5.41, 5.74) is 0. The van der Waals surface area contributed by atoms with Gasteiger partial charge >= 0.3 is 5.97 Å². The van der Waals surface area contributed by atoms with E-state index in [0.717, 1.165) is 32.4 Å². The van der Waals surface area contributed by atoms with E-state index < -0.39 is 18.1 Å². The van der Waals surface area contributed by atoms with Crippen LogP contribution in [0.4, 0.5) is 0 Å². The van der Waals surface area contributed by atoms with Crippen LogP contribution in [0.2, 0.25) is 0 Å². The summed E-state index contributed by atoms with van der Waals surface area (Å²) >= 11 is 0. The van der Waals surface area contributed by atoms with Crippen LogP contribution in [0.1, 0.15) is 51.9 Å². The molecule has 0 spiro atoms. The smallest absolute Gasteiger partial charge is 0.305 e. The van der Waals surface area contributed by atoms with Crippen molar-refractivity contribution in [2.45, 2.75) is 58.0 Å². The molecule has 0 saturated carbocycles. The molecule has 2 atom stereocenters. The van der Waals surface area contributed by atoms with Gasteiger partial charge in [-0.3, -0.25) is 19.2 Å². The number of aliphatic carboxylic acids is 1. The molecule has 0 aromatic heterocycles. The monoisotopic (exact) mass is 396 g/mol. The van der Waals surface area contributed by atoms with Gasteiger partial charge in [0.2, 0.25) is 17.7 Å². The molecular formula is C19H32N4O5. The number of likely N-dealkylation sites (tertiary alicyclic amines) is 1. The van der Waals surface area contributed by atoms with Crippen LogP contribution in [0.5, 0.6) is 0 Å². The topological polar surface area (TPSA) is 128 Å². The van der Waals surface area contributed by atoms with Crippen LogP contribution in [0, 0.1) is 11.8 Å². The van der Waals surface area contributed by atoms with Gasteiger partial charge in [-0.25, -0.2) is 0 Å². The lowest BCUT2D eigenvalue weighted by atomic mass is 9.90. The number of carboxylic acid groups (broad SMARTS) is 1. The second kappa shape index (κ2) is 11.0. The Bertz CT molecular complexity index is 577. The molecule has 0 aromatic rings. The predicted octanol–water partition coefficient (Wildman–Crippen LogP) is 0.0579. The van der Waals surface area contributed by atoms with Crippen molar-refractivity contribution in [1.82, 2.24) is 20.9 Å². The first kappa shape index (κ1) is 22.1. The number of hydrogen-bond donors (Lipinski definition) is 4. The Kier molecular flexibility index (Phi) is 8.69. The van der Waals surface area contributed by atoms with E-state index in [9.17, 15) is 19.2 Å². The highest BCUT2D eigenvalue weighted by Crippen LogP contribution is 2.25. The summed E-state index contributed by atoms with van der Waals surface area (Å²) in [7, 11) is 0. The highest BCUT2D eigenvalue weighted by Gasteiger charge is 2.38. The van der Waals surface area contributed by atoms with Crippen LogP contribution in [0.25, 0.3) is 0 Å². The zero-order valence-corrected chi connectivity index (χ0v) is 16.5. The van der Waals surface area contributed by atoms with Gasteiger partial charge in [0.1, 0.15) is 6.17 Å². The lowest BCUT2D eigenvalue weighted by Gasteiger charge is -2.41. The average molecular weight is 396 g/mol. The average Bonchev–Trinajstić information content (AvgIpc) is 2.66. The molecule has 2 rings (SSSR count). The Balaban J connectivity index is 1.97. The standard InChI is InChI=1S/C19H32N4O5/c1-13(24)22-18-15(19(28)21-11-8-17(26)27)3-2-12-23(18)16(25)5-4-14-6-9-20-10-7-14/h14-15,18,20H,2-12H2,1H3,(H,21,28)(H,22,24)(H,26,27)/t15-,18+/m1/s1. The van der Waals surface area contributed by atoms with E-state index in [1.54, 1.807) is 4.90 Å². The van der Waals surface area contributed by atoms with Gasteiger partial charge in [-0.1, -0.05) is 0 Å². The van der Waals surface area contributed by atoms with Crippen molar-refractivity contribution in [3.63, 3.8) is 0 Å². The third-order valence-corrected chi connectivity index (χ3v) is 5.50. The molecule has 2 aliphatic heterocycles. The highest BCUT2D eigenvalue weighted by atomic mass is 16.4. The molecule has 3 amide bonds. The molecule has 2 heterocycles. The fourth-order valence-electron chi connectivity index (χ4n) is 4.00. The lowest BCUT2D eigenvalue weighted by molar-refractivity contribution is -0.143. The minimum Gasteiger partial charge on any atom is -0.481 e. The van der Waals surface area contributed by atoms with E-state index in [0.29, 0.717) is 31.7 Å². The third kappa shape index (κ3) is 6.78. The second-order valence-corrected chi connectivity index (χ2v) is 7.65. The Labute approximate surface area is 165 Å². The number of carboxylic acids is 1. The SMILES string of the molecule is CC(=O)N[C@@H]1[C@H](C(=O)NCCC(=O)O)CCCN1C(=O)CCC1CCNCC1. The quantitative estimate of drug-likeness (QED) is 0.459. The first-order valence-electron chi connectivity index (χ1n) is 10.1. The number of hydrogen-bond acceptors (Lipinski definition) is 5. The van der Waals surface area contributed by atoms with Crippen molar-refractivity contribution < 1.29 is 24.3 Å². The molecule has 28 heavy (non-hydrogen) atoms. The summed E-state index contributed by atoms with van der Waals surface area (Å²) in [6, 6.07) is 0. The van der Waals surface area contributed by atoms with Gasteiger partial charge in [-0.2, -0.15) is 0 Å². The predicted molar refractivity (Wildman–Crippen MR) is 102 cm³/mol. The summed E-state index contributed by atoms with van der Waals surface area (Å²) in [6.07, 6.45) is 3.73. The summed E-state index contributed by atoms with van der Waals surface area (Å²) < 4.78 is 0. The van der Waals surface area contributed by atoms with E-state index >= 15 is 0 Å². The number of piperidine rings is 2. The fourth-order valence-corrected chi connectivity index (χ4v) is 4.00. The second-order valence-electron chi connectivity index (χ2n) is 7.65. The summed E-state index contributed by atoms with van der Waals surface area (Å²) in [4.78, 5) is 49.4. The molecule has 9 heteroatoms. The zero-order valence-electron chi connectivity index (χ0n) is 16.5. The third-order valence-electron chi connectivity index (χ3n) is 5.50. The van der Waals surface area contributed by atoms with Gasteiger partial charge in [-0.05, 0) is 51.1 Å². The molecule has 0 aliphatic carbocycles. The molecular weight excluding hydrogens is 364 g/mol. The van der Waals surface area contributed by atoms with E-state index in [1.165, 1.54) is 6.92 Å². The minimum atomic E-state index is -0.989. The number of nitrogens with zero attached hydrogens (tertiary/aromatic N) is 1. The molecule has 4 N–H and O–H groups in total. The van der Waals surface area contributed by atoms with Crippen molar-refractivity contribution >= 4 is 23.7 Å². The molecule has 2 fully saturated rings. The first-order chi connectivity index (χ1) is 13.4. The Morgan fingerprint density at radius 3 is 2.46 bits per heavy atom. The van der Waals surface area contributed by atoms with E-state index in [2.05, 4.69) is 16.0 Å². The molecule has 0 bridgehead atoms. The number of nitrogens with one attached hydrogen (secondary N) is 3. The van der Waals surface area contributed by atoms with Gasteiger partial charge < -0.3 is 26.0 Å². The largest absolute Gasteiger partial charge is 0.481 e. The molecule has 9 nitrogen and oxygen atoms in total. The molecule has 158 valence electrons.